The van der Waals surface area contributed by atoms with Gasteiger partial charge in [0.25, 0.3) is 0 Å². The summed E-state index contributed by atoms with van der Waals surface area (Å²) >= 11 is 0. The van der Waals surface area contributed by atoms with E-state index in [-0.39, 0.29) is 24.3 Å². The number of hydrogen-bond acceptors (Lipinski definition) is 5. The van der Waals surface area contributed by atoms with Crippen molar-refractivity contribution in [1.29, 1.82) is 0 Å². The fourth-order valence-electron chi connectivity index (χ4n) is 6.10. The van der Waals surface area contributed by atoms with Gasteiger partial charge in [0.05, 0.1) is 36.7 Å². The normalized spacial score (nSPS) is 26.8. The molecule has 1 aromatic carbocycles. The lowest BCUT2D eigenvalue weighted by Gasteiger charge is -2.48. The Bertz CT molecular complexity index is 1140. The van der Waals surface area contributed by atoms with Crippen molar-refractivity contribution < 1.29 is 28.2 Å². The van der Waals surface area contributed by atoms with E-state index >= 15 is 0 Å². The number of aryl methyl sites for hydroxylation is 1. The highest BCUT2D eigenvalue weighted by Gasteiger charge is 2.46. The third-order valence-electron chi connectivity index (χ3n) is 7.62. The molecule has 2 saturated heterocycles. The molecule has 2 aromatic rings. The van der Waals surface area contributed by atoms with Crippen molar-refractivity contribution in [2.24, 2.45) is 0 Å². The predicted octanol–water partition coefficient (Wildman–Crippen LogP) is 4.42. The van der Waals surface area contributed by atoms with Gasteiger partial charge in [0.2, 0.25) is 0 Å². The van der Waals surface area contributed by atoms with Gasteiger partial charge in [0, 0.05) is 36.8 Å². The number of hydrogen-bond donors (Lipinski definition) is 1. The summed E-state index contributed by atoms with van der Waals surface area (Å²) in [5, 5.41) is 10.2. The van der Waals surface area contributed by atoms with Crippen molar-refractivity contribution in [1.82, 2.24) is 19.4 Å². The maximum Gasteiger partial charge on any atom is 0.408 e. The molecule has 0 spiro atoms. The van der Waals surface area contributed by atoms with E-state index in [1.807, 2.05) is 6.92 Å². The first-order valence-corrected chi connectivity index (χ1v) is 12.5. The van der Waals surface area contributed by atoms with E-state index in [1.54, 1.807) is 20.8 Å². The molecular formula is C26H34F2N4O4. The van der Waals surface area contributed by atoms with Crippen molar-refractivity contribution in [3.63, 3.8) is 0 Å². The smallest absolute Gasteiger partial charge is 0.408 e. The van der Waals surface area contributed by atoms with Crippen LogP contribution in [0.3, 0.4) is 0 Å². The van der Waals surface area contributed by atoms with Crippen LogP contribution in [0.1, 0.15) is 68.5 Å². The molecule has 0 saturated carbocycles. The minimum absolute atomic E-state index is 0.0450. The number of carboxylic acid groups (broad SMARTS) is 1. The molecule has 2 fully saturated rings. The van der Waals surface area contributed by atoms with Crippen LogP contribution in [-0.2, 0) is 22.6 Å². The summed E-state index contributed by atoms with van der Waals surface area (Å²) in [6, 6.07) is 2.71. The minimum Gasteiger partial charge on any atom is -0.465 e. The average Bonchev–Trinajstić information content (AvgIpc) is 3.51. The number of benzene rings is 1. The number of aromatic nitrogens is 2. The van der Waals surface area contributed by atoms with Crippen molar-refractivity contribution in [2.75, 3.05) is 19.8 Å². The number of imidazole rings is 1. The third-order valence-corrected chi connectivity index (χ3v) is 7.62. The molecule has 3 aliphatic heterocycles. The molecule has 1 N–H and O–H groups in total. The van der Waals surface area contributed by atoms with Crippen LogP contribution in [0, 0.1) is 18.6 Å². The van der Waals surface area contributed by atoms with Crippen molar-refractivity contribution in [3.8, 4) is 0 Å². The van der Waals surface area contributed by atoms with E-state index in [2.05, 4.69) is 9.47 Å². The highest BCUT2D eigenvalue weighted by Crippen LogP contribution is 2.40. The molecule has 36 heavy (non-hydrogen) atoms. The Balaban J connectivity index is 1.43. The summed E-state index contributed by atoms with van der Waals surface area (Å²) in [5.41, 5.74) is 1.47. The molecule has 8 nitrogen and oxygen atoms in total. The van der Waals surface area contributed by atoms with Crippen LogP contribution in [0.5, 0.6) is 0 Å². The molecule has 1 amide bonds. The van der Waals surface area contributed by atoms with Crippen LogP contribution in [0.2, 0.25) is 0 Å². The third kappa shape index (κ3) is 4.50. The molecule has 0 aliphatic carbocycles. The summed E-state index contributed by atoms with van der Waals surface area (Å²) in [5.74, 6) is -0.206. The Kier molecular flexibility index (Phi) is 6.55. The van der Waals surface area contributed by atoms with Gasteiger partial charge >= 0.3 is 6.09 Å². The molecule has 0 unspecified atom stereocenters. The molecule has 5 rings (SSSR count). The second-order valence-corrected chi connectivity index (χ2v) is 11.0. The molecule has 0 radical (unpaired) electrons. The first-order chi connectivity index (χ1) is 17.0. The van der Waals surface area contributed by atoms with Crippen LogP contribution in [0.4, 0.5) is 13.6 Å². The molecule has 0 bridgehead atoms. The first kappa shape index (κ1) is 25.1. The molecule has 4 heterocycles. The van der Waals surface area contributed by atoms with E-state index in [0.717, 1.165) is 42.7 Å². The van der Waals surface area contributed by atoms with Crippen LogP contribution < -0.4 is 0 Å². The number of fused-ring (bicyclic) bond motifs is 1. The van der Waals surface area contributed by atoms with Crippen LogP contribution >= 0.6 is 0 Å². The van der Waals surface area contributed by atoms with Gasteiger partial charge in [0.1, 0.15) is 23.6 Å². The SMILES string of the molecule is Cc1nc2c(n1[C@H]1CCOC1)CN([C@H]1CO[C@H](c3cc(F)ccc3F)[C@@H](N(C(=O)O)C(C)(C)C)C1)C2. The maximum atomic E-state index is 14.8. The monoisotopic (exact) mass is 504 g/mol. The summed E-state index contributed by atoms with van der Waals surface area (Å²) in [7, 11) is 0. The molecule has 10 heteroatoms. The average molecular weight is 505 g/mol. The van der Waals surface area contributed by atoms with Gasteiger partial charge in [-0.05, 0) is 58.7 Å². The van der Waals surface area contributed by atoms with Gasteiger partial charge in [-0.1, -0.05) is 0 Å². The topological polar surface area (TPSA) is 80.1 Å². The van der Waals surface area contributed by atoms with Crippen LogP contribution in [0.15, 0.2) is 18.2 Å². The molecule has 3 aliphatic rings. The zero-order valence-corrected chi connectivity index (χ0v) is 21.2. The van der Waals surface area contributed by atoms with Crippen molar-refractivity contribution >= 4 is 6.09 Å². The van der Waals surface area contributed by atoms with E-state index in [4.69, 9.17) is 14.5 Å². The van der Waals surface area contributed by atoms with Gasteiger partial charge < -0.3 is 19.1 Å². The van der Waals surface area contributed by atoms with E-state index in [9.17, 15) is 18.7 Å². The lowest BCUT2D eigenvalue weighted by Crippen LogP contribution is -2.58. The number of ether oxygens (including phenoxy) is 2. The molecular weight excluding hydrogens is 470 g/mol. The standard InChI is InChI=1S/C26H34F2N4O4/c1-15-29-21-11-30(12-23(21)31(15)17-7-8-35-13-17)18-10-22(32(25(33)34)26(2,3)4)24(36-14-18)19-9-16(27)5-6-20(19)28/h5-6,9,17-18,22,24H,7-8,10-14H2,1-4H3,(H,33,34)/t17-,18+,22-,24+/m0/s1. The van der Waals surface area contributed by atoms with E-state index < -0.39 is 35.4 Å². The van der Waals surface area contributed by atoms with Crippen molar-refractivity contribution in [3.05, 3.63) is 52.6 Å². The fourth-order valence-corrected chi connectivity index (χ4v) is 6.10. The second kappa shape index (κ2) is 9.39. The molecule has 4 atom stereocenters. The second-order valence-electron chi connectivity index (χ2n) is 11.0. The molecule has 196 valence electrons. The summed E-state index contributed by atoms with van der Waals surface area (Å²) < 4.78 is 43.0. The zero-order chi connectivity index (χ0) is 25.8. The molecule has 1 aromatic heterocycles. The predicted molar refractivity (Wildman–Crippen MR) is 128 cm³/mol. The highest BCUT2D eigenvalue weighted by atomic mass is 19.1. The van der Waals surface area contributed by atoms with E-state index in [0.29, 0.717) is 26.1 Å². The van der Waals surface area contributed by atoms with Gasteiger partial charge in [-0.15, -0.1) is 0 Å². The van der Waals surface area contributed by atoms with Crippen LogP contribution in [-0.4, -0.2) is 68.0 Å². The Hall–Kier alpha value is -2.56. The van der Waals surface area contributed by atoms with Gasteiger partial charge in [-0.2, -0.15) is 0 Å². The quantitative estimate of drug-likeness (QED) is 0.664. The van der Waals surface area contributed by atoms with Crippen molar-refractivity contribution in [2.45, 2.75) is 83.4 Å². The highest BCUT2D eigenvalue weighted by molar-refractivity contribution is 5.66. The summed E-state index contributed by atoms with van der Waals surface area (Å²) in [6.45, 7) is 10.4. The number of amides is 1. The van der Waals surface area contributed by atoms with Gasteiger partial charge in [-0.3, -0.25) is 9.80 Å². The number of halogens is 2. The minimum atomic E-state index is -1.12. The van der Waals surface area contributed by atoms with Gasteiger partial charge in [0.15, 0.2) is 0 Å². The lowest BCUT2D eigenvalue weighted by atomic mass is 9.88. The lowest BCUT2D eigenvalue weighted by molar-refractivity contribution is -0.103. The summed E-state index contributed by atoms with van der Waals surface area (Å²) in [6.07, 6.45) is -0.645. The zero-order valence-electron chi connectivity index (χ0n) is 21.2. The maximum absolute atomic E-state index is 14.8. The van der Waals surface area contributed by atoms with Crippen LogP contribution in [0.25, 0.3) is 0 Å². The Morgan fingerprint density at radius 3 is 2.64 bits per heavy atom. The number of rotatable bonds is 4. The van der Waals surface area contributed by atoms with E-state index in [1.165, 1.54) is 10.6 Å². The number of nitrogens with zero attached hydrogens (tertiary/aromatic N) is 4. The Morgan fingerprint density at radius 1 is 1.19 bits per heavy atom. The van der Waals surface area contributed by atoms with Gasteiger partial charge in [-0.25, -0.2) is 18.6 Å². The number of carbonyl (C=O) groups is 1. The summed E-state index contributed by atoms with van der Waals surface area (Å²) in [4.78, 5) is 20.8. The first-order valence-electron chi connectivity index (χ1n) is 12.5. The Labute approximate surface area is 209 Å². The largest absolute Gasteiger partial charge is 0.465 e. The fraction of sp³-hybridized carbons (Fsp3) is 0.615. The Morgan fingerprint density at radius 2 is 1.97 bits per heavy atom.